The predicted molar refractivity (Wildman–Crippen MR) is 68.4 cm³/mol. The standard InChI is InChI=1S/C14H19NO2/c1-5-6-7-12(16)8-13-11(3)14(17-4)10(2)9-15-13/h6-7,9H,5,8H2,1-4H3/b7-6+. The Labute approximate surface area is 103 Å². The van der Waals surface area contributed by atoms with Gasteiger partial charge in [0.05, 0.1) is 19.2 Å². The number of aromatic nitrogens is 1. The maximum Gasteiger partial charge on any atom is 0.161 e. The number of allylic oxidation sites excluding steroid dienone is 2. The number of carbonyl (C=O) groups excluding carboxylic acids is 1. The third-order valence-corrected chi connectivity index (χ3v) is 2.63. The molecule has 0 aliphatic heterocycles. The molecule has 0 unspecified atom stereocenters. The fourth-order valence-corrected chi connectivity index (χ4v) is 1.72. The number of nitrogens with zero attached hydrogens (tertiary/aromatic N) is 1. The fraction of sp³-hybridized carbons (Fsp3) is 0.429. The first kappa shape index (κ1) is 13.4. The molecule has 1 heterocycles. The van der Waals surface area contributed by atoms with Crippen LogP contribution in [0.15, 0.2) is 18.3 Å². The van der Waals surface area contributed by atoms with E-state index in [4.69, 9.17) is 4.74 Å². The lowest BCUT2D eigenvalue weighted by Gasteiger charge is -2.11. The zero-order chi connectivity index (χ0) is 12.8. The number of hydrogen-bond acceptors (Lipinski definition) is 3. The summed E-state index contributed by atoms with van der Waals surface area (Å²) in [5.41, 5.74) is 2.73. The Kier molecular flexibility index (Phi) is 4.88. The molecule has 1 aromatic heterocycles. The van der Waals surface area contributed by atoms with E-state index in [9.17, 15) is 4.79 Å². The number of ketones is 1. The van der Waals surface area contributed by atoms with Gasteiger partial charge in [-0.15, -0.1) is 0 Å². The second-order valence-corrected chi connectivity index (χ2v) is 4.00. The number of hydrogen-bond donors (Lipinski definition) is 0. The van der Waals surface area contributed by atoms with Crippen molar-refractivity contribution in [1.29, 1.82) is 0 Å². The first-order valence-corrected chi connectivity index (χ1v) is 5.78. The first-order chi connectivity index (χ1) is 8.10. The van der Waals surface area contributed by atoms with Gasteiger partial charge in [0, 0.05) is 17.3 Å². The monoisotopic (exact) mass is 233 g/mol. The van der Waals surface area contributed by atoms with Crippen LogP contribution in [-0.4, -0.2) is 17.9 Å². The molecular weight excluding hydrogens is 214 g/mol. The van der Waals surface area contributed by atoms with Crippen LogP contribution < -0.4 is 4.74 Å². The molecular formula is C14H19NO2. The van der Waals surface area contributed by atoms with Crippen molar-refractivity contribution in [3.8, 4) is 5.75 Å². The Bertz CT molecular complexity index is 436. The van der Waals surface area contributed by atoms with E-state index in [2.05, 4.69) is 4.98 Å². The van der Waals surface area contributed by atoms with E-state index in [1.807, 2.05) is 26.8 Å². The molecule has 0 bridgehead atoms. The molecule has 0 aromatic carbocycles. The topological polar surface area (TPSA) is 39.2 Å². The fourth-order valence-electron chi connectivity index (χ4n) is 1.72. The molecule has 0 aliphatic carbocycles. The highest BCUT2D eigenvalue weighted by atomic mass is 16.5. The molecule has 92 valence electrons. The van der Waals surface area contributed by atoms with E-state index >= 15 is 0 Å². The molecule has 0 atom stereocenters. The van der Waals surface area contributed by atoms with Gasteiger partial charge in [-0.3, -0.25) is 9.78 Å². The van der Waals surface area contributed by atoms with Crippen LogP contribution in [0.1, 0.15) is 30.2 Å². The van der Waals surface area contributed by atoms with E-state index in [-0.39, 0.29) is 5.78 Å². The van der Waals surface area contributed by atoms with Gasteiger partial charge in [-0.1, -0.05) is 13.0 Å². The molecule has 0 aliphatic rings. The van der Waals surface area contributed by atoms with Gasteiger partial charge in [-0.25, -0.2) is 0 Å². The Morgan fingerprint density at radius 1 is 1.47 bits per heavy atom. The molecule has 0 amide bonds. The summed E-state index contributed by atoms with van der Waals surface area (Å²) in [5, 5.41) is 0. The SMILES string of the molecule is CC/C=C/C(=O)Cc1ncc(C)c(OC)c1C. The molecule has 0 fully saturated rings. The van der Waals surface area contributed by atoms with Crippen LogP contribution in [0.5, 0.6) is 5.75 Å². The van der Waals surface area contributed by atoms with Crippen molar-refractivity contribution < 1.29 is 9.53 Å². The minimum Gasteiger partial charge on any atom is -0.496 e. The molecule has 0 N–H and O–H groups in total. The average molecular weight is 233 g/mol. The van der Waals surface area contributed by atoms with Gasteiger partial charge in [0.2, 0.25) is 0 Å². The van der Waals surface area contributed by atoms with E-state index in [1.165, 1.54) is 0 Å². The largest absolute Gasteiger partial charge is 0.496 e. The van der Waals surface area contributed by atoms with Crippen LogP contribution in [-0.2, 0) is 11.2 Å². The van der Waals surface area contributed by atoms with Crippen molar-refractivity contribution >= 4 is 5.78 Å². The zero-order valence-corrected chi connectivity index (χ0v) is 10.9. The Morgan fingerprint density at radius 3 is 2.76 bits per heavy atom. The van der Waals surface area contributed by atoms with Crippen LogP contribution in [0.25, 0.3) is 0 Å². The molecule has 0 saturated heterocycles. The number of carbonyl (C=O) groups is 1. The second-order valence-electron chi connectivity index (χ2n) is 4.00. The summed E-state index contributed by atoms with van der Waals surface area (Å²) in [6, 6.07) is 0. The second kappa shape index (κ2) is 6.18. The van der Waals surface area contributed by atoms with Crippen molar-refractivity contribution in [2.75, 3.05) is 7.11 Å². The first-order valence-electron chi connectivity index (χ1n) is 5.78. The minimum absolute atomic E-state index is 0.0772. The normalized spacial score (nSPS) is 10.8. The Hall–Kier alpha value is -1.64. The quantitative estimate of drug-likeness (QED) is 0.734. The maximum atomic E-state index is 11.6. The van der Waals surface area contributed by atoms with Crippen molar-refractivity contribution in [1.82, 2.24) is 4.98 Å². The summed E-state index contributed by atoms with van der Waals surface area (Å²) >= 11 is 0. The van der Waals surface area contributed by atoms with Gasteiger partial charge in [0.1, 0.15) is 5.75 Å². The Balaban J connectivity index is 2.93. The number of ether oxygens (including phenoxy) is 1. The highest BCUT2D eigenvalue weighted by molar-refractivity contribution is 5.91. The summed E-state index contributed by atoms with van der Waals surface area (Å²) in [7, 11) is 1.64. The van der Waals surface area contributed by atoms with Gasteiger partial charge in [0.25, 0.3) is 0 Å². The lowest BCUT2D eigenvalue weighted by Crippen LogP contribution is -2.05. The van der Waals surface area contributed by atoms with E-state index in [0.29, 0.717) is 6.42 Å². The molecule has 17 heavy (non-hydrogen) atoms. The molecule has 0 spiro atoms. The van der Waals surface area contributed by atoms with Crippen molar-refractivity contribution in [3.63, 3.8) is 0 Å². The Morgan fingerprint density at radius 2 is 2.18 bits per heavy atom. The lowest BCUT2D eigenvalue weighted by atomic mass is 10.1. The van der Waals surface area contributed by atoms with Crippen LogP contribution in [0, 0.1) is 13.8 Å². The number of pyridine rings is 1. The summed E-state index contributed by atoms with van der Waals surface area (Å²) in [6.07, 6.45) is 6.43. The molecule has 0 radical (unpaired) electrons. The summed E-state index contributed by atoms with van der Waals surface area (Å²) in [4.78, 5) is 15.9. The zero-order valence-electron chi connectivity index (χ0n) is 10.9. The summed E-state index contributed by atoms with van der Waals surface area (Å²) in [6.45, 7) is 5.88. The summed E-state index contributed by atoms with van der Waals surface area (Å²) in [5.74, 6) is 0.899. The van der Waals surface area contributed by atoms with Gasteiger partial charge in [-0.05, 0) is 26.3 Å². The third kappa shape index (κ3) is 3.41. The predicted octanol–water partition coefficient (Wildman–Crippen LogP) is 2.78. The molecule has 3 nitrogen and oxygen atoms in total. The summed E-state index contributed by atoms with van der Waals surface area (Å²) < 4.78 is 5.31. The van der Waals surface area contributed by atoms with Gasteiger partial charge in [-0.2, -0.15) is 0 Å². The molecule has 0 saturated carbocycles. The van der Waals surface area contributed by atoms with Crippen molar-refractivity contribution in [3.05, 3.63) is 35.2 Å². The van der Waals surface area contributed by atoms with Gasteiger partial charge in [0.15, 0.2) is 5.78 Å². The van der Waals surface area contributed by atoms with Crippen molar-refractivity contribution in [2.24, 2.45) is 0 Å². The van der Waals surface area contributed by atoms with Gasteiger partial charge >= 0.3 is 0 Å². The average Bonchev–Trinajstić information content (AvgIpc) is 2.31. The number of rotatable bonds is 5. The van der Waals surface area contributed by atoms with E-state index in [0.717, 1.165) is 29.0 Å². The molecule has 1 rings (SSSR count). The van der Waals surface area contributed by atoms with E-state index in [1.54, 1.807) is 19.4 Å². The highest BCUT2D eigenvalue weighted by Gasteiger charge is 2.11. The number of aryl methyl sites for hydroxylation is 1. The minimum atomic E-state index is 0.0772. The maximum absolute atomic E-state index is 11.6. The highest BCUT2D eigenvalue weighted by Crippen LogP contribution is 2.24. The van der Waals surface area contributed by atoms with Crippen molar-refractivity contribution in [2.45, 2.75) is 33.6 Å². The molecule has 3 heteroatoms. The van der Waals surface area contributed by atoms with Gasteiger partial charge < -0.3 is 4.74 Å². The number of methoxy groups -OCH3 is 1. The smallest absolute Gasteiger partial charge is 0.161 e. The van der Waals surface area contributed by atoms with E-state index < -0.39 is 0 Å². The van der Waals surface area contributed by atoms with Crippen LogP contribution >= 0.6 is 0 Å². The lowest BCUT2D eigenvalue weighted by molar-refractivity contribution is -0.114. The molecule has 1 aromatic rings. The van der Waals surface area contributed by atoms with Crippen LogP contribution in [0.2, 0.25) is 0 Å². The third-order valence-electron chi connectivity index (χ3n) is 2.63. The van der Waals surface area contributed by atoms with Crippen LogP contribution in [0.3, 0.4) is 0 Å². The van der Waals surface area contributed by atoms with Crippen LogP contribution in [0.4, 0.5) is 0 Å².